The number of alkyl halides is 12. The number of amides is 2. The SMILES string of the molecule is CC#N.CC(=O)Nc1nc2cnc(-c3cnc(N)c(C(F)(F)F)c3)nc2s1.CC(=O)Nc1nc2cnc(Cl)nc2s1.CC1(C)OB(B2OC(C)(C)C(C)(C)O2)OC1(C)C.CC1(C)OB(c2cnc(N)c(C(F)(F)F)c2)OC1(C)C.Nc1ncc(Br)cc1C(F)(F)F.Nc1ncccc1C(F)(F)F.[B]=NS. The van der Waals surface area contributed by atoms with Crippen LogP contribution in [0.5, 0.6) is 0 Å². The zero-order chi connectivity index (χ0) is 80.2. The van der Waals surface area contributed by atoms with Crippen molar-refractivity contribution in [2.75, 3.05) is 33.6 Å². The average Bonchev–Trinajstić information content (AvgIpc) is 1.60. The molecule has 0 aliphatic carbocycles. The molecule has 0 saturated carbocycles. The molecule has 105 heavy (non-hydrogen) atoms. The van der Waals surface area contributed by atoms with E-state index in [1.165, 1.54) is 75.4 Å². The van der Waals surface area contributed by atoms with Gasteiger partial charge in [0.25, 0.3) is 0 Å². The number of hydrogen-bond donors (Lipinski definition) is 7. The maximum atomic E-state index is 12.9. The molecule has 3 saturated heterocycles. The summed E-state index contributed by atoms with van der Waals surface area (Å²) < 4.78 is 187. The third kappa shape index (κ3) is 24.9. The summed E-state index contributed by atoms with van der Waals surface area (Å²) in [5, 5.41) is 13.4. The molecule has 1 radical (unpaired) electrons. The number of thiol groups is 1. The van der Waals surface area contributed by atoms with Gasteiger partial charge in [0.15, 0.2) is 16.1 Å². The molecule has 8 aromatic heterocycles. The predicted molar refractivity (Wildman–Crippen MR) is 382 cm³/mol. The van der Waals surface area contributed by atoms with Gasteiger partial charge in [0.05, 0.1) is 74.3 Å². The van der Waals surface area contributed by atoms with Crippen molar-refractivity contribution in [3.05, 3.63) is 99.5 Å². The maximum absolute atomic E-state index is 12.9. The molecule has 0 aromatic carbocycles. The molecule has 3 fully saturated rings. The summed E-state index contributed by atoms with van der Waals surface area (Å²) in [6.07, 6.45) is -10.3. The van der Waals surface area contributed by atoms with Gasteiger partial charge >= 0.3 is 70.6 Å². The van der Waals surface area contributed by atoms with Gasteiger partial charge in [-0.25, -0.2) is 49.8 Å². The number of carbonyl (C=O) groups is 2. The Balaban J connectivity index is 0.000000267. The van der Waals surface area contributed by atoms with Crippen LogP contribution in [-0.4, -0.2) is 124 Å². The number of nitriles is 1. The van der Waals surface area contributed by atoms with Crippen molar-refractivity contribution in [1.82, 2.24) is 49.8 Å². The topological polar surface area (TPSA) is 383 Å². The molecule has 3 aliphatic rings. The van der Waals surface area contributed by atoms with E-state index in [4.69, 9.17) is 67.7 Å². The van der Waals surface area contributed by atoms with Gasteiger partial charge in [0.2, 0.25) is 17.1 Å². The summed E-state index contributed by atoms with van der Waals surface area (Å²) in [5.41, 5.74) is 15.3. The molecule has 0 atom stereocenters. The van der Waals surface area contributed by atoms with Crippen molar-refractivity contribution in [2.24, 2.45) is 4.30 Å². The third-order valence-electron chi connectivity index (χ3n) is 15.2. The van der Waals surface area contributed by atoms with Gasteiger partial charge in [0.1, 0.15) is 44.0 Å². The summed E-state index contributed by atoms with van der Waals surface area (Å²) >= 11 is 14.0. The number of nitrogen functional groups attached to an aromatic ring is 4. The van der Waals surface area contributed by atoms with Crippen LogP contribution >= 0.6 is 63.0 Å². The zero-order valence-electron chi connectivity index (χ0n) is 58.2. The molecule has 0 unspecified atom stereocenters. The summed E-state index contributed by atoms with van der Waals surface area (Å²) in [5.74, 6) is -2.57. The molecule has 0 spiro atoms. The summed E-state index contributed by atoms with van der Waals surface area (Å²) in [6, 6.07) is 6.49. The van der Waals surface area contributed by atoms with E-state index in [9.17, 15) is 62.3 Å². The van der Waals surface area contributed by atoms with E-state index >= 15 is 0 Å². The Morgan fingerprint density at radius 2 is 0.914 bits per heavy atom. The molecule has 2 amide bonds. The van der Waals surface area contributed by atoms with Gasteiger partial charge in [-0.15, -0.1) is 0 Å². The first-order valence-electron chi connectivity index (χ1n) is 29.8. The number of aromatic nitrogens is 10. The molecular weight excluding hydrogens is 1560 g/mol. The van der Waals surface area contributed by atoms with Crippen molar-refractivity contribution in [2.45, 2.75) is 162 Å². The van der Waals surface area contributed by atoms with Crippen LogP contribution in [0.3, 0.4) is 0 Å². The molecule has 26 nitrogen and oxygen atoms in total. The second-order valence-electron chi connectivity index (χ2n) is 24.7. The Hall–Kier alpha value is -7.73. The van der Waals surface area contributed by atoms with E-state index in [0.29, 0.717) is 31.0 Å². The minimum absolute atomic E-state index is 0.0542. The van der Waals surface area contributed by atoms with E-state index in [2.05, 4.69) is 101 Å². The van der Waals surface area contributed by atoms with Gasteiger partial charge in [0, 0.05) is 61.1 Å². The van der Waals surface area contributed by atoms with E-state index < -0.39 is 103 Å². The van der Waals surface area contributed by atoms with Crippen LogP contribution in [0.4, 0.5) is 86.2 Å². The van der Waals surface area contributed by atoms with E-state index in [1.807, 2.05) is 83.1 Å². The van der Waals surface area contributed by atoms with E-state index in [1.54, 1.807) is 6.07 Å². The third-order valence-corrected chi connectivity index (χ3v) is 17.6. The number of halogens is 14. The summed E-state index contributed by atoms with van der Waals surface area (Å²) in [4.78, 5) is 60.8. The number of nitrogens with two attached hydrogens (primary N) is 4. The van der Waals surface area contributed by atoms with Crippen molar-refractivity contribution in [3.8, 4) is 17.5 Å². The molecule has 565 valence electrons. The molecule has 10 N–H and O–H groups in total. The van der Waals surface area contributed by atoms with Crippen LogP contribution in [-0.2, 0) is 62.2 Å². The van der Waals surface area contributed by atoms with Crippen LogP contribution in [0, 0.1) is 11.3 Å². The van der Waals surface area contributed by atoms with Crippen LogP contribution in [0.25, 0.3) is 32.1 Å². The van der Waals surface area contributed by atoms with Crippen molar-refractivity contribution in [1.29, 1.82) is 5.26 Å². The standard InChI is InChI=1S/C13H9F3N6OS.C12H24B2O4.C12H16BF3N2O2.C7H5ClN4OS.C6H4BrF3N2.C6H5F3N2.C2H3N.BHNS/c1-5(23)20-12-21-8-4-19-10(22-11(8)24-12)6-2-7(13(14,15)16)9(17)18-3-6;1-9(2)10(3,4)16-13(15-9)14-17-11(5,6)12(7,8)18-14;1-10(2)11(3,4)20-13(19-10)7-5-8(12(14,15)16)9(17)18-6-7;1-3(13)10-7-11-4-2-9-6(8)12-5(4)14-7;7-3-1-4(6(8,9)10)5(11)12-2-3;7-6(8,9)4-2-1-3-11-5(4)10;2*1-2-3/h2-4H,1H3,(H2,17,18)(H,20,21,23);1-8H3;5-6H,1-4H3,(H2,17,18);2H,1H3,(H,10,11,13);1-2H,(H2,11,12);1-3H,(H2,10,11);1H3;3H. The fourth-order valence-electron chi connectivity index (χ4n) is 7.98. The molecule has 11 heterocycles. The first kappa shape index (κ1) is 89.7. The number of carbonyl (C=O) groups excluding carboxylic acids is 2. The van der Waals surface area contributed by atoms with Gasteiger partial charge < -0.3 is 61.5 Å². The van der Waals surface area contributed by atoms with Crippen LogP contribution < -0.4 is 39.0 Å². The first-order chi connectivity index (χ1) is 48.0. The van der Waals surface area contributed by atoms with Crippen molar-refractivity contribution >= 4 is 163 Å². The van der Waals surface area contributed by atoms with Gasteiger partial charge in [-0.2, -0.15) is 57.9 Å². The predicted octanol–water partition coefficient (Wildman–Crippen LogP) is 13.5. The summed E-state index contributed by atoms with van der Waals surface area (Å²) in [7, 11) is 2.49. The molecule has 8 aromatic rings. The number of nitrogens with one attached hydrogen (secondary N) is 2. The number of fused-ring (bicyclic) bond motifs is 2. The first-order valence-corrected chi connectivity index (χ1v) is 33.0. The van der Waals surface area contributed by atoms with Gasteiger partial charge in [-0.3, -0.25) is 9.59 Å². The Morgan fingerprint density at radius 3 is 1.30 bits per heavy atom. The molecule has 3 aliphatic heterocycles. The number of anilines is 6. The minimum atomic E-state index is -4.62. The Labute approximate surface area is 622 Å². The number of nitrogens with zero attached hydrogens (tertiary/aromatic N) is 12. The van der Waals surface area contributed by atoms with Gasteiger partial charge in [-0.1, -0.05) is 22.7 Å². The van der Waals surface area contributed by atoms with Crippen LogP contribution in [0.15, 0.2) is 76.3 Å². The normalized spacial score (nSPS) is 16.3. The number of thiazole rings is 2. The van der Waals surface area contributed by atoms with Crippen molar-refractivity contribution in [3.63, 3.8) is 0 Å². The second kappa shape index (κ2) is 35.3. The average molecular weight is 1630 g/mol. The molecule has 11 rings (SSSR count). The fourth-order valence-corrected chi connectivity index (χ4v) is 10.2. The second-order valence-corrected chi connectivity index (χ2v) is 28.1. The number of pyridine rings is 4. The number of rotatable bonds is 5. The van der Waals surface area contributed by atoms with Gasteiger partial charge in [-0.05, 0) is 141 Å². The Morgan fingerprint density at radius 1 is 0.562 bits per heavy atom. The van der Waals surface area contributed by atoms with Crippen LogP contribution in [0.2, 0.25) is 5.28 Å². The summed E-state index contributed by atoms with van der Waals surface area (Å²) in [6.45, 7) is 27.7. The Bertz CT molecular complexity index is 4310. The van der Waals surface area contributed by atoms with E-state index in [-0.39, 0.29) is 60.8 Å². The van der Waals surface area contributed by atoms with Crippen molar-refractivity contribution < 1.29 is 90.2 Å². The zero-order valence-corrected chi connectivity index (χ0v) is 63.0. The number of hydrogen-bond acceptors (Lipinski definition) is 27. The monoisotopic (exact) mass is 1630 g/mol. The molecular formula is C58H67B4BrClF12N18O8S3. The van der Waals surface area contributed by atoms with Crippen LogP contribution in [0.1, 0.15) is 126 Å². The van der Waals surface area contributed by atoms with E-state index in [0.717, 1.165) is 35.6 Å². The Kier molecular flexibility index (Phi) is 30.2. The molecule has 47 heteroatoms. The molecule has 0 bridgehead atoms. The fraction of sp³-hybridized carbons (Fsp3) is 0.431. The quantitative estimate of drug-likeness (QED) is 0.0364.